The van der Waals surface area contributed by atoms with Gasteiger partial charge in [0.25, 0.3) is 0 Å². The van der Waals surface area contributed by atoms with Crippen molar-refractivity contribution in [2.75, 3.05) is 54.4 Å². The topological polar surface area (TPSA) is 36.0 Å². The zero-order chi connectivity index (χ0) is 15.8. The number of ether oxygens (including phenoxy) is 1. The number of amides is 1. The van der Waals surface area contributed by atoms with E-state index >= 15 is 0 Å². The molecule has 116 valence electrons. The second-order valence-corrected chi connectivity index (χ2v) is 5.69. The average molecular weight is 283 g/mol. The van der Waals surface area contributed by atoms with Gasteiger partial charge in [-0.1, -0.05) is 5.92 Å². The van der Waals surface area contributed by atoms with Crippen LogP contribution in [0.1, 0.15) is 20.8 Å². The summed E-state index contributed by atoms with van der Waals surface area (Å²) in [5.41, 5.74) is -0.210. The summed E-state index contributed by atoms with van der Waals surface area (Å²) in [5.74, 6) is 6.06. The molecule has 0 aliphatic carbocycles. The van der Waals surface area contributed by atoms with E-state index in [2.05, 4.69) is 30.6 Å². The lowest BCUT2D eigenvalue weighted by Crippen LogP contribution is -2.42. The Morgan fingerprint density at radius 1 is 1.10 bits per heavy atom. The summed E-state index contributed by atoms with van der Waals surface area (Å²) >= 11 is 0. The van der Waals surface area contributed by atoms with Gasteiger partial charge in [0.15, 0.2) is 0 Å². The van der Waals surface area contributed by atoms with E-state index in [0.29, 0.717) is 19.7 Å². The number of hydrogen-bond acceptors (Lipinski definition) is 4. The van der Waals surface area contributed by atoms with Gasteiger partial charge in [-0.2, -0.15) is 0 Å². The highest BCUT2D eigenvalue weighted by molar-refractivity contribution is 5.67. The minimum atomic E-state index is -0.278. The van der Waals surface area contributed by atoms with E-state index in [9.17, 15) is 4.79 Å². The lowest BCUT2D eigenvalue weighted by atomic mass is 10.1. The van der Waals surface area contributed by atoms with Gasteiger partial charge in [0.2, 0.25) is 0 Å². The van der Waals surface area contributed by atoms with Crippen molar-refractivity contribution in [3.05, 3.63) is 0 Å². The second-order valence-electron chi connectivity index (χ2n) is 5.69. The number of carbonyl (C=O) groups is 1. The molecule has 0 radical (unpaired) electrons. The molecule has 0 unspecified atom stereocenters. The summed E-state index contributed by atoms with van der Waals surface area (Å²) < 4.78 is 5.26. The Kier molecular flexibility index (Phi) is 8.28. The number of likely N-dealkylation sites (N-methyl/N-ethyl adjacent to an activating group) is 3. The van der Waals surface area contributed by atoms with E-state index in [1.807, 2.05) is 33.0 Å². The van der Waals surface area contributed by atoms with Crippen LogP contribution in [0.4, 0.5) is 4.79 Å². The van der Waals surface area contributed by atoms with Gasteiger partial charge in [-0.05, 0) is 41.9 Å². The fourth-order valence-corrected chi connectivity index (χ4v) is 1.50. The molecule has 0 saturated carbocycles. The summed E-state index contributed by atoms with van der Waals surface area (Å²) in [6.07, 6.45) is -0.278. The number of hydrogen-bond donors (Lipinski definition) is 0. The predicted octanol–water partition coefficient (Wildman–Crippen LogP) is 1.35. The minimum absolute atomic E-state index is 0.210. The third kappa shape index (κ3) is 7.37. The molecule has 1 amide bonds. The van der Waals surface area contributed by atoms with Gasteiger partial charge >= 0.3 is 6.09 Å². The first-order valence-corrected chi connectivity index (χ1v) is 6.88. The van der Waals surface area contributed by atoms with Gasteiger partial charge in [0, 0.05) is 26.7 Å². The molecule has 0 rings (SSSR count). The van der Waals surface area contributed by atoms with Gasteiger partial charge in [0.1, 0.15) is 6.61 Å². The van der Waals surface area contributed by atoms with Crippen molar-refractivity contribution >= 4 is 6.09 Å². The first-order valence-electron chi connectivity index (χ1n) is 6.88. The number of rotatable bonds is 7. The first kappa shape index (κ1) is 18.8. The highest BCUT2D eigenvalue weighted by atomic mass is 16.6. The lowest BCUT2D eigenvalue weighted by molar-refractivity contribution is 0.0890. The maximum Gasteiger partial charge on any atom is 0.409 e. The molecule has 20 heavy (non-hydrogen) atoms. The molecule has 0 fully saturated rings. The Morgan fingerprint density at radius 2 is 1.70 bits per heavy atom. The van der Waals surface area contributed by atoms with E-state index in [4.69, 9.17) is 4.74 Å². The van der Waals surface area contributed by atoms with E-state index in [-0.39, 0.29) is 11.6 Å². The summed E-state index contributed by atoms with van der Waals surface area (Å²) in [4.78, 5) is 17.5. The Hall–Kier alpha value is -1.25. The Labute approximate surface area is 123 Å². The molecule has 5 heteroatoms. The van der Waals surface area contributed by atoms with Crippen molar-refractivity contribution in [3.63, 3.8) is 0 Å². The maximum atomic E-state index is 11.8. The molecular weight excluding hydrogens is 254 g/mol. The third-order valence-corrected chi connectivity index (χ3v) is 3.23. The van der Waals surface area contributed by atoms with Gasteiger partial charge in [-0.15, -0.1) is 5.92 Å². The van der Waals surface area contributed by atoms with Crippen LogP contribution < -0.4 is 0 Å². The molecule has 0 saturated heterocycles. The quantitative estimate of drug-likeness (QED) is 0.661. The van der Waals surface area contributed by atoms with Crippen LogP contribution in [-0.4, -0.2) is 80.8 Å². The van der Waals surface area contributed by atoms with E-state index in [0.717, 1.165) is 6.54 Å². The number of carbonyl (C=O) groups excluding carboxylic acids is 1. The normalized spacial score (nSPS) is 11.2. The fraction of sp³-hybridized carbons (Fsp3) is 0.800. The van der Waals surface area contributed by atoms with Crippen LogP contribution in [0.3, 0.4) is 0 Å². The zero-order valence-electron chi connectivity index (χ0n) is 14.0. The van der Waals surface area contributed by atoms with Crippen molar-refractivity contribution in [1.82, 2.24) is 14.7 Å². The molecule has 0 heterocycles. The van der Waals surface area contributed by atoms with Crippen molar-refractivity contribution in [1.29, 1.82) is 0 Å². The number of nitrogens with zero attached hydrogens (tertiary/aromatic N) is 3. The highest BCUT2D eigenvalue weighted by Gasteiger charge is 2.20. The smallest absolute Gasteiger partial charge is 0.409 e. The van der Waals surface area contributed by atoms with Crippen molar-refractivity contribution < 1.29 is 9.53 Å². The van der Waals surface area contributed by atoms with Crippen LogP contribution in [0.5, 0.6) is 0 Å². The summed E-state index contributed by atoms with van der Waals surface area (Å²) in [6.45, 7) is 8.45. The summed E-state index contributed by atoms with van der Waals surface area (Å²) in [6, 6.07) is 0. The monoisotopic (exact) mass is 283 g/mol. The summed E-state index contributed by atoms with van der Waals surface area (Å²) in [5, 5.41) is 0. The fourth-order valence-electron chi connectivity index (χ4n) is 1.50. The molecule has 0 atom stereocenters. The SMILES string of the molecule is CC#CC(C)(C)N(C)CCOC(=O)N(C)CCN(C)C. The Bertz CT molecular complexity index is 356. The maximum absolute atomic E-state index is 11.8. The average Bonchev–Trinajstić information content (AvgIpc) is 2.35. The first-order chi connectivity index (χ1) is 9.20. The van der Waals surface area contributed by atoms with Crippen LogP contribution >= 0.6 is 0 Å². The van der Waals surface area contributed by atoms with Crippen molar-refractivity contribution in [3.8, 4) is 11.8 Å². The molecular formula is C15H29N3O2. The zero-order valence-corrected chi connectivity index (χ0v) is 14.0. The second kappa shape index (κ2) is 8.83. The highest BCUT2D eigenvalue weighted by Crippen LogP contribution is 2.10. The third-order valence-electron chi connectivity index (χ3n) is 3.23. The molecule has 0 spiro atoms. The van der Waals surface area contributed by atoms with Gasteiger partial charge < -0.3 is 14.5 Å². The molecule has 0 aromatic heterocycles. The molecule has 0 aliphatic heterocycles. The standard InChI is InChI=1S/C15H29N3O2/c1-8-9-15(2,3)18(7)12-13-20-14(19)17(6)11-10-16(4)5/h10-13H2,1-7H3. The molecule has 0 aliphatic rings. The van der Waals surface area contributed by atoms with E-state index in [1.165, 1.54) is 0 Å². The molecule has 5 nitrogen and oxygen atoms in total. The van der Waals surface area contributed by atoms with Crippen molar-refractivity contribution in [2.24, 2.45) is 0 Å². The van der Waals surface area contributed by atoms with Crippen LogP contribution in [0.25, 0.3) is 0 Å². The van der Waals surface area contributed by atoms with Gasteiger partial charge in [0.05, 0.1) is 5.54 Å². The largest absolute Gasteiger partial charge is 0.448 e. The van der Waals surface area contributed by atoms with Crippen LogP contribution in [0, 0.1) is 11.8 Å². The molecule has 0 bridgehead atoms. The Morgan fingerprint density at radius 3 is 2.20 bits per heavy atom. The van der Waals surface area contributed by atoms with Gasteiger partial charge in [-0.25, -0.2) is 4.79 Å². The molecule has 0 aromatic carbocycles. The van der Waals surface area contributed by atoms with Crippen LogP contribution in [0.2, 0.25) is 0 Å². The van der Waals surface area contributed by atoms with E-state index < -0.39 is 0 Å². The van der Waals surface area contributed by atoms with Gasteiger partial charge in [-0.3, -0.25) is 4.90 Å². The Balaban J connectivity index is 4.04. The molecule has 0 aromatic rings. The van der Waals surface area contributed by atoms with Crippen LogP contribution in [-0.2, 0) is 4.74 Å². The van der Waals surface area contributed by atoms with Crippen molar-refractivity contribution in [2.45, 2.75) is 26.3 Å². The minimum Gasteiger partial charge on any atom is -0.448 e. The van der Waals surface area contributed by atoms with Crippen LogP contribution in [0.15, 0.2) is 0 Å². The lowest BCUT2D eigenvalue weighted by Gasteiger charge is -2.30. The summed E-state index contributed by atoms with van der Waals surface area (Å²) in [7, 11) is 7.69. The predicted molar refractivity (Wildman–Crippen MR) is 82.7 cm³/mol. The van der Waals surface area contributed by atoms with E-state index in [1.54, 1.807) is 11.9 Å². The molecule has 0 N–H and O–H groups in total.